The number of nitrogens with one attached hydrogen (secondary N) is 2. The van der Waals surface area contributed by atoms with Crippen LogP contribution in [0.15, 0.2) is 78.8 Å². The molecule has 4 rings (SSSR count). The van der Waals surface area contributed by atoms with E-state index in [-0.39, 0.29) is 30.4 Å². The number of hydrogen-bond acceptors (Lipinski definition) is 8. The molecule has 0 saturated heterocycles. The van der Waals surface area contributed by atoms with Gasteiger partial charge < -0.3 is 26.4 Å². The number of fused-ring (bicyclic) bond motifs is 1. The van der Waals surface area contributed by atoms with Gasteiger partial charge in [0.15, 0.2) is 0 Å². The van der Waals surface area contributed by atoms with Gasteiger partial charge in [-0.15, -0.1) is 0 Å². The second kappa shape index (κ2) is 16.9. The van der Waals surface area contributed by atoms with E-state index in [4.69, 9.17) is 5.73 Å². The number of pyridine rings is 2. The summed E-state index contributed by atoms with van der Waals surface area (Å²) in [5.74, 6) is 11.6. The molecular formula is C37H35N7O3. The Morgan fingerprint density at radius 2 is 1.72 bits per heavy atom. The van der Waals surface area contributed by atoms with Crippen molar-refractivity contribution in [3.63, 3.8) is 0 Å². The normalized spacial score (nSPS) is 11.4. The highest BCUT2D eigenvalue weighted by Gasteiger charge is 2.12. The summed E-state index contributed by atoms with van der Waals surface area (Å²) in [6.45, 7) is 6.43. The second-order valence-electron chi connectivity index (χ2n) is 10.4. The zero-order valence-corrected chi connectivity index (χ0v) is 26.2. The Morgan fingerprint density at radius 1 is 1.00 bits per heavy atom. The molecule has 0 saturated carbocycles. The summed E-state index contributed by atoms with van der Waals surface area (Å²) in [6, 6.07) is 17.7. The van der Waals surface area contributed by atoms with Crippen LogP contribution >= 0.6 is 0 Å². The number of carbonyl (C=O) groups excluding carboxylic acids is 2. The predicted octanol–water partition coefficient (Wildman–Crippen LogP) is 3.12. The number of aliphatic hydroxyl groups is 1. The lowest BCUT2D eigenvalue weighted by atomic mass is 10.0. The number of carbonyl (C=O) groups is 2. The van der Waals surface area contributed by atoms with E-state index in [1.54, 1.807) is 55.0 Å². The molecule has 2 heterocycles. The molecule has 10 heteroatoms. The number of hydrogen-bond donors (Lipinski definition) is 4. The van der Waals surface area contributed by atoms with Crippen molar-refractivity contribution in [2.75, 3.05) is 38.5 Å². The van der Waals surface area contributed by atoms with Crippen LogP contribution in [-0.2, 0) is 4.79 Å². The van der Waals surface area contributed by atoms with Gasteiger partial charge in [-0.2, -0.15) is 5.26 Å². The zero-order valence-electron chi connectivity index (χ0n) is 26.2. The van der Waals surface area contributed by atoms with Gasteiger partial charge in [-0.3, -0.25) is 14.6 Å². The molecule has 2 amide bonds. The number of nitrogens with zero attached hydrogens (tertiary/aromatic N) is 4. The minimum absolute atomic E-state index is 0.0333. The van der Waals surface area contributed by atoms with E-state index in [0.29, 0.717) is 34.4 Å². The summed E-state index contributed by atoms with van der Waals surface area (Å²) in [7, 11) is 0. The molecule has 10 nitrogen and oxygen atoms in total. The van der Waals surface area contributed by atoms with Crippen molar-refractivity contribution in [3.05, 3.63) is 107 Å². The first-order chi connectivity index (χ1) is 22.8. The third-order valence-electron chi connectivity index (χ3n) is 7.21. The van der Waals surface area contributed by atoms with Crippen LogP contribution in [0.3, 0.4) is 0 Å². The van der Waals surface area contributed by atoms with E-state index in [1.165, 1.54) is 6.08 Å². The van der Waals surface area contributed by atoms with Crippen LogP contribution in [0.5, 0.6) is 0 Å². The van der Waals surface area contributed by atoms with Gasteiger partial charge in [0.1, 0.15) is 17.5 Å². The predicted molar refractivity (Wildman–Crippen MR) is 182 cm³/mol. The van der Waals surface area contributed by atoms with Crippen LogP contribution in [0, 0.1) is 35.0 Å². The highest BCUT2D eigenvalue weighted by Crippen LogP contribution is 2.23. The van der Waals surface area contributed by atoms with Crippen molar-refractivity contribution >= 4 is 34.5 Å². The lowest BCUT2D eigenvalue weighted by Gasteiger charge is -2.22. The summed E-state index contributed by atoms with van der Waals surface area (Å²) < 4.78 is 0. The standard InChI is InChI=1S/C37H35N7O3/c1-3-44(4-2)25-32(45)24-43-36(46)29-11-7-26(8-12-29)10-14-33-34-21-27(9-13-30(34)23-42-35(33)39)6-5-17-41-37(47)31(22-38)20-28-15-18-40-19-16-28/h7-9,11-13,15-16,18-21,23,32,45H,3-4,17,24-25H2,1-2H3,(H2,39,42)(H,41,47)(H,43,46)/b31-20+. The average molecular weight is 626 g/mol. The topological polar surface area (TPSA) is 157 Å². The van der Waals surface area contributed by atoms with Gasteiger partial charge in [-0.1, -0.05) is 43.6 Å². The van der Waals surface area contributed by atoms with Gasteiger partial charge in [0.05, 0.1) is 18.2 Å². The summed E-state index contributed by atoms with van der Waals surface area (Å²) in [4.78, 5) is 35.3. The number of nitrogen functional groups attached to an aromatic ring is 1. The van der Waals surface area contributed by atoms with Gasteiger partial charge in [0.2, 0.25) is 0 Å². The monoisotopic (exact) mass is 625 g/mol. The molecule has 0 aliphatic rings. The maximum absolute atomic E-state index is 12.6. The smallest absolute Gasteiger partial charge is 0.262 e. The van der Waals surface area contributed by atoms with Gasteiger partial charge in [-0.25, -0.2) is 4.98 Å². The first-order valence-corrected chi connectivity index (χ1v) is 15.1. The van der Waals surface area contributed by atoms with Gasteiger partial charge in [0, 0.05) is 59.1 Å². The third-order valence-corrected chi connectivity index (χ3v) is 7.21. The molecule has 4 aromatic rings. The molecule has 0 spiro atoms. The molecule has 1 unspecified atom stereocenters. The maximum atomic E-state index is 12.6. The van der Waals surface area contributed by atoms with E-state index >= 15 is 0 Å². The van der Waals surface area contributed by atoms with Crippen molar-refractivity contribution in [3.8, 4) is 29.8 Å². The third kappa shape index (κ3) is 9.75. The molecule has 2 aromatic carbocycles. The number of likely N-dealkylation sites (N-methyl/N-ethyl adjacent to an activating group) is 1. The van der Waals surface area contributed by atoms with Crippen molar-refractivity contribution in [2.24, 2.45) is 0 Å². The Kier molecular flexibility index (Phi) is 12.2. The quantitative estimate of drug-likeness (QED) is 0.119. The lowest BCUT2D eigenvalue weighted by molar-refractivity contribution is -0.116. The number of amides is 2. The van der Waals surface area contributed by atoms with Crippen LogP contribution in [0.4, 0.5) is 5.82 Å². The highest BCUT2D eigenvalue weighted by molar-refractivity contribution is 6.01. The maximum Gasteiger partial charge on any atom is 0.262 e. The fourth-order valence-electron chi connectivity index (χ4n) is 4.57. The van der Waals surface area contributed by atoms with Crippen molar-refractivity contribution < 1.29 is 14.7 Å². The molecule has 2 aromatic heterocycles. The summed E-state index contributed by atoms with van der Waals surface area (Å²) in [5.41, 5.74) is 9.25. The largest absolute Gasteiger partial charge is 0.390 e. The van der Waals surface area contributed by atoms with Gasteiger partial charge in [-0.05, 0) is 73.3 Å². The number of aromatic nitrogens is 2. The van der Waals surface area contributed by atoms with E-state index < -0.39 is 12.0 Å². The van der Waals surface area contributed by atoms with E-state index in [9.17, 15) is 20.0 Å². The first kappa shape index (κ1) is 33.9. The molecule has 0 radical (unpaired) electrons. The fraction of sp³-hybridized carbons (Fsp3) is 0.216. The Labute approximate surface area is 274 Å². The van der Waals surface area contributed by atoms with Crippen molar-refractivity contribution in [1.29, 1.82) is 5.26 Å². The molecular weight excluding hydrogens is 590 g/mol. The van der Waals surface area contributed by atoms with Crippen molar-refractivity contribution in [1.82, 2.24) is 25.5 Å². The zero-order chi connectivity index (χ0) is 33.6. The average Bonchev–Trinajstić information content (AvgIpc) is 3.10. The molecule has 0 aliphatic heterocycles. The SMILES string of the molecule is CCN(CC)CC(O)CNC(=O)c1ccc(C#Cc2c(N)ncc3ccc(C#CCNC(=O)/C(C#N)=C/c4ccncc4)cc23)cc1. The summed E-state index contributed by atoms with van der Waals surface area (Å²) in [5, 5.41) is 26.6. The van der Waals surface area contributed by atoms with Gasteiger partial charge >= 0.3 is 0 Å². The van der Waals surface area contributed by atoms with Crippen LogP contribution < -0.4 is 16.4 Å². The fourth-order valence-corrected chi connectivity index (χ4v) is 4.57. The van der Waals surface area contributed by atoms with E-state index in [1.807, 2.05) is 38.1 Å². The van der Waals surface area contributed by atoms with Crippen LogP contribution in [-0.4, -0.2) is 70.6 Å². The summed E-state index contributed by atoms with van der Waals surface area (Å²) in [6.07, 6.45) is 5.66. The Balaban J connectivity index is 1.42. The van der Waals surface area contributed by atoms with Gasteiger partial charge in [0.25, 0.3) is 11.8 Å². The number of aliphatic hydroxyl groups excluding tert-OH is 1. The van der Waals surface area contributed by atoms with E-state index in [2.05, 4.69) is 49.2 Å². The molecule has 0 fully saturated rings. The Bertz CT molecular complexity index is 1920. The van der Waals surface area contributed by atoms with E-state index in [0.717, 1.165) is 23.9 Å². The molecule has 236 valence electrons. The molecule has 5 N–H and O–H groups in total. The Hall–Kier alpha value is -5.99. The molecule has 47 heavy (non-hydrogen) atoms. The van der Waals surface area contributed by atoms with Crippen LogP contribution in [0.25, 0.3) is 16.8 Å². The second-order valence-corrected chi connectivity index (χ2v) is 10.4. The van der Waals surface area contributed by atoms with Crippen LogP contribution in [0.2, 0.25) is 0 Å². The van der Waals surface area contributed by atoms with Crippen molar-refractivity contribution in [2.45, 2.75) is 20.0 Å². The first-order valence-electron chi connectivity index (χ1n) is 15.1. The summed E-state index contributed by atoms with van der Waals surface area (Å²) >= 11 is 0. The molecule has 0 aliphatic carbocycles. The minimum atomic E-state index is -0.653. The number of anilines is 1. The molecule has 0 bridgehead atoms. The number of nitriles is 1. The molecule has 1 atom stereocenters. The number of benzene rings is 2. The number of nitrogens with two attached hydrogens (primary N) is 1. The number of rotatable bonds is 10. The van der Waals surface area contributed by atoms with Crippen LogP contribution in [0.1, 0.15) is 46.5 Å². The minimum Gasteiger partial charge on any atom is -0.390 e. The highest BCUT2D eigenvalue weighted by atomic mass is 16.3. The Morgan fingerprint density at radius 3 is 2.43 bits per heavy atom. The lowest BCUT2D eigenvalue weighted by Crippen LogP contribution is -2.40.